The highest BCUT2D eigenvalue weighted by Gasteiger charge is 2.13. The number of carbonyl (C=O) groups excluding carboxylic acids is 1. The molecular weight excluding hydrogens is 216 g/mol. The van der Waals surface area contributed by atoms with Crippen molar-refractivity contribution in [3.63, 3.8) is 0 Å². The summed E-state index contributed by atoms with van der Waals surface area (Å²) in [4.78, 5) is 12.9. The van der Waals surface area contributed by atoms with Crippen molar-refractivity contribution in [2.45, 2.75) is 0 Å². The predicted molar refractivity (Wildman–Crippen MR) is 64.8 cm³/mol. The molecular formula is C13H15N2O2+. The molecule has 1 aromatic carbocycles. The third kappa shape index (κ3) is 2.20. The van der Waals surface area contributed by atoms with Gasteiger partial charge in [-0.2, -0.15) is 0 Å². The van der Waals surface area contributed by atoms with E-state index in [0.29, 0.717) is 5.75 Å². The van der Waals surface area contributed by atoms with Gasteiger partial charge in [-0.1, -0.05) is 6.07 Å². The number of benzene rings is 1. The molecule has 0 spiro atoms. The molecule has 0 saturated heterocycles. The van der Waals surface area contributed by atoms with E-state index < -0.39 is 0 Å². The minimum atomic E-state index is -0.371. The zero-order valence-electron chi connectivity index (χ0n) is 10.2. The van der Waals surface area contributed by atoms with Crippen LogP contribution in [0.15, 0.2) is 36.5 Å². The number of aryl methyl sites for hydroxylation is 1. The molecule has 0 radical (unpaired) electrons. The number of hydrogen-bond donors (Lipinski definition) is 0. The average Bonchev–Trinajstić information content (AvgIpc) is 2.30. The molecule has 0 bridgehead atoms. The second-order valence-corrected chi connectivity index (χ2v) is 4.07. The molecule has 0 unspecified atom stereocenters. The zero-order valence-corrected chi connectivity index (χ0v) is 10.2. The van der Waals surface area contributed by atoms with Crippen LogP contribution in [0.1, 0.15) is 0 Å². The first-order chi connectivity index (χ1) is 8.09. The van der Waals surface area contributed by atoms with Gasteiger partial charge in [-0.05, 0) is 12.1 Å². The van der Waals surface area contributed by atoms with Crippen LogP contribution in [0.25, 0.3) is 10.9 Å². The smallest absolute Gasteiger partial charge is 0.409 e. The number of rotatable bonds is 1. The Morgan fingerprint density at radius 3 is 2.71 bits per heavy atom. The molecule has 0 aliphatic carbocycles. The van der Waals surface area contributed by atoms with Crippen LogP contribution >= 0.6 is 0 Å². The van der Waals surface area contributed by atoms with E-state index in [1.807, 2.05) is 42.1 Å². The van der Waals surface area contributed by atoms with E-state index in [4.69, 9.17) is 4.74 Å². The number of pyridine rings is 1. The summed E-state index contributed by atoms with van der Waals surface area (Å²) in [5.74, 6) is 0.581. The Labute approximate surface area is 100 Å². The number of fused-ring (bicyclic) bond motifs is 1. The van der Waals surface area contributed by atoms with Crippen LogP contribution in [0.3, 0.4) is 0 Å². The largest absolute Gasteiger partial charge is 0.414 e. The van der Waals surface area contributed by atoms with Gasteiger partial charge in [0, 0.05) is 26.2 Å². The summed E-state index contributed by atoms with van der Waals surface area (Å²) in [5.41, 5.74) is 1.02. The van der Waals surface area contributed by atoms with Crippen molar-refractivity contribution in [1.29, 1.82) is 0 Å². The first-order valence-electron chi connectivity index (χ1n) is 5.36. The minimum Gasteiger partial charge on any atom is -0.409 e. The highest BCUT2D eigenvalue weighted by molar-refractivity contribution is 5.85. The molecule has 2 rings (SSSR count). The normalized spacial score (nSPS) is 10.3. The fraction of sp³-hybridized carbons (Fsp3) is 0.231. The Bertz CT molecular complexity index is 564. The Morgan fingerprint density at radius 1 is 1.24 bits per heavy atom. The van der Waals surface area contributed by atoms with Gasteiger partial charge in [-0.15, -0.1) is 0 Å². The predicted octanol–water partition coefficient (Wildman–Crippen LogP) is 1.72. The van der Waals surface area contributed by atoms with Gasteiger partial charge in [0.05, 0.1) is 5.39 Å². The lowest BCUT2D eigenvalue weighted by Gasteiger charge is -2.11. The van der Waals surface area contributed by atoms with Crippen LogP contribution in [0.5, 0.6) is 5.75 Å². The molecule has 0 N–H and O–H groups in total. The molecule has 2 aromatic rings. The summed E-state index contributed by atoms with van der Waals surface area (Å²) >= 11 is 0. The minimum absolute atomic E-state index is 0.371. The number of carbonyl (C=O) groups is 1. The fourth-order valence-electron chi connectivity index (χ4n) is 1.63. The van der Waals surface area contributed by atoms with Crippen LogP contribution in [0.2, 0.25) is 0 Å². The number of ether oxygens (including phenoxy) is 1. The van der Waals surface area contributed by atoms with Gasteiger partial charge in [-0.3, -0.25) is 0 Å². The monoisotopic (exact) mass is 231 g/mol. The molecule has 88 valence electrons. The van der Waals surface area contributed by atoms with Crippen LogP contribution in [0.4, 0.5) is 4.79 Å². The van der Waals surface area contributed by atoms with E-state index in [-0.39, 0.29) is 6.09 Å². The van der Waals surface area contributed by atoms with E-state index in [0.717, 1.165) is 10.9 Å². The maximum Gasteiger partial charge on any atom is 0.414 e. The first kappa shape index (κ1) is 11.4. The van der Waals surface area contributed by atoms with Crippen LogP contribution in [0, 0.1) is 0 Å². The standard InChI is InChI=1S/C13H15N2O2/c1-14(2)13(16)17-12-8-4-7-11-10(12)6-5-9-15(11)3/h4-9H,1-3H3/q+1. The van der Waals surface area contributed by atoms with Gasteiger partial charge in [0.1, 0.15) is 12.8 Å². The van der Waals surface area contributed by atoms with E-state index in [2.05, 4.69) is 0 Å². The molecule has 1 heterocycles. The number of amides is 1. The molecule has 0 atom stereocenters. The van der Waals surface area contributed by atoms with E-state index >= 15 is 0 Å². The summed E-state index contributed by atoms with van der Waals surface area (Å²) in [5, 5.41) is 0.924. The third-order valence-electron chi connectivity index (χ3n) is 2.56. The summed E-state index contributed by atoms with van der Waals surface area (Å²) in [7, 11) is 5.28. The summed E-state index contributed by atoms with van der Waals surface area (Å²) in [6.07, 6.45) is 1.59. The van der Waals surface area contributed by atoms with Crippen LogP contribution in [-0.4, -0.2) is 25.1 Å². The summed E-state index contributed by atoms with van der Waals surface area (Å²) in [6, 6.07) is 9.52. The van der Waals surface area contributed by atoms with E-state index in [1.54, 1.807) is 20.2 Å². The SMILES string of the molecule is CN(C)C(=O)Oc1cccc2c1ccc[n+]2C. The molecule has 4 heteroatoms. The highest BCUT2D eigenvalue weighted by Crippen LogP contribution is 2.23. The highest BCUT2D eigenvalue weighted by atomic mass is 16.6. The topological polar surface area (TPSA) is 33.4 Å². The van der Waals surface area contributed by atoms with Crippen molar-refractivity contribution in [1.82, 2.24) is 4.90 Å². The molecule has 4 nitrogen and oxygen atoms in total. The van der Waals surface area contributed by atoms with Crippen molar-refractivity contribution in [2.75, 3.05) is 14.1 Å². The van der Waals surface area contributed by atoms with Gasteiger partial charge in [-0.25, -0.2) is 9.36 Å². The van der Waals surface area contributed by atoms with Crippen molar-refractivity contribution < 1.29 is 14.1 Å². The zero-order chi connectivity index (χ0) is 12.4. The second kappa shape index (κ2) is 4.41. The van der Waals surface area contributed by atoms with Gasteiger partial charge in [0.25, 0.3) is 0 Å². The molecule has 1 aromatic heterocycles. The Kier molecular flexibility index (Phi) is 2.95. The number of hydrogen-bond acceptors (Lipinski definition) is 2. The van der Waals surface area contributed by atoms with E-state index in [1.165, 1.54) is 4.90 Å². The van der Waals surface area contributed by atoms with Crippen LogP contribution in [-0.2, 0) is 7.05 Å². The second-order valence-electron chi connectivity index (χ2n) is 4.07. The summed E-state index contributed by atoms with van der Waals surface area (Å²) in [6.45, 7) is 0. The number of nitrogens with zero attached hydrogens (tertiary/aromatic N) is 2. The third-order valence-corrected chi connectivity index (χ3v) is 2.56. The lowest BCUT2D eigenvalue weighted by molar-refractivity contribution is -0.644. The quantitative estimate of drug-likeness (QED) is 0.700. The number of aromatic nitrogens is 1. The Balaban J connectivity index is 2.48. The van der Waals surface area contributed by atoms with Gasteiger partial charge >= 0.3 is 6.09 Å². The van der Waals surface area contributed by atoms with Gasteiger partial charge in [0.15, 0.2) is 6.20 Å². The maximum absolute atomic E-state index is 11.5. The van der Waals surface area contributed by atoms with E-state index in [9.17, 15) is 4.79 Å². The average molecular weight is 231 g/mol. The van der Waals surface area contributed by atoms with Crippen molar-refractivity contribution >= 4 is 17.0 Å². The molecule has 0 aliphatic rings. The van der Waals surface area contributed by atoms with Crippen molar-refractivity contribution in [3.8, 4) is 5.75 Å². The Hall–Kier alpha value is -2.10. The lowest BCUT2D eigenvalue weighted by Crippen LogP contribution is -2.28. The van der Waals surface area contributed by atoms with Crippen molar-refractivity contribution in [3.05, 3.63) is 36.5 Å². The van der Waals surface area contributed by atoms with Gasteiger partial charge in [0.2, 0.25) is 5.52 Å². The first-order valence-corrected chi connectivity index (χ1v) is 5.36. The molecule has 17 heavy (non-hydrogen) atoms. The summed E-state index contributed by atoms with van der Waals surface area (Å²) < 4.78 is 7.31. The molecule has 0 fully saturated rings. The Morgan fingerprint density at radius 2 is 2.00 bits per heavy atom. The maximum atomic E-state index is 11.5. The van der Waals surface area contributed by atoms with Gasteiger partial charge < -0.3 is 9.64 Å². The molecule has 0 saturated carbocycles. The lowest BCUT2D eigenvalue weighted by atomic mass is 10.2. The van der Waals surface area contributed by atoms with Crippen LogP contribution < -0.4 is 9.30 Å². The van der Waals surface area contributed by atoms with Crippen molar-refractivity contribution in [2.24, 2.45) is 7.05 Å². The fourth-order valence-corrected chi connectivity index (χ4v) is 1.63. The molecule has 1 amide bonds. The molecule has 0 aliphatic heterocycles.